The van der Waals surface area contributed by atoms with Gasteiger partial charge in [-0.05, 0) is 25.7 Å². The summed E-state index contributed by atoms with van der Waals surface area (Å²) < 4.78 is 231. The van der Waals surface area contributed by atoms with Gasteiger partial charge in [0.15, 0.2) is 0 Å². The van der Waals surface area contributed by atoms with Gasteiger partial charge < -0.3 is 33.1 Å². The van der Waals surface area contributed by atoms with E-state index in [9.17, 15) is 93.1 Å². The van der Waals surface area contributed by atoms with Crippen molar-refractivity contribution in [2.75, 3.05) is 179 Å². The number of quaternary nitrogens is 1. The molecule has 38 heteroatoms. The number of aliphatic hydroxyl groups excluding tert-OH is 3. The van der Waals surface area contributed by atoms with E-state index >= 15 is 0 Å². The van der Waals surface area contributed by atoms with Gasteiger partial charge in [0.05, 0.1) is 63.3 Å². The van der Waals surface area contributed by atoms with Crippen molar-refractivity contribution in [1.82, 2.24) is 29.4 Å². The molecule has 6 atom stereocenters. The molecule has 560 valence electrons. The third-order valence-corrected chi connectivity index (χ3v) is 25.2. The van der Waals surface area contributed by atoms with Crippen LogP contribution < -0.4 is 0 Å². The lowest BCUT2D eigenvalue weighted by Gasteiger charge is -2.43. The number of nitrogens with zero attached hydrogens (tertiary/aromatic N) is 7. The summed E-state index contributed by atoms with van der Waals surface area (Å²) in [5, 5.41) is 31.4. The molecule has 94 heavy (non-hydrogen) atoms. The maximum absolute atomic E-state index is 13.2. The minimum Gasteiger partial charge on any atom is -0.391 e. The highest BCUT2D eigenvalue weighted by Crippen LogP contribution is 2.29. The van der Waals surface area contributed by atoms with Gasteiger partial charge in [-0.3, -0.25) is 56.7 Å². The molecule has 9 N–H and O–H groups in total. The van der Waals surface area contributed by atoms with Crippen molar-refractivity contribution in [1.29, 1.82) is 0 Å². The van der Waals surface area contributed by atoms with Crippen LogP contribution in [-0.2, 0) is 74.0 Å². The molecule has 31 nitrogen and oxygen atoms in total. The first-order valence-electron chi connectivity index (χ1n) is 33.7. The van der Waals surface area contributed by atoms with Crippen molar-refractivity contribution < 1.29 is 111 Å². The molecule has 3 heterocycles. The molecule has 0 aromatic rings. The molecule has 0 aromatic carbocycles. The minimum atomic E-state index is -5.03. The van der Waals surface area contributed by atoms with Gasteiger partial charge >= 0.3 is 8.80 Å². The monoisotopic (exact) mass is 1490 g/mol. The molecule has 0 radical (unpaired) electrons. The molecule has 0 amide bonds. The number of hydrogen-bond donors (Lipinski definition) is 9. The fourth-order valence-corrected chi connectivity index (χ4v) is 20.0. The standard InChI is InChI=1S/C56H117N7O24S6Si/c1-4-6-8-10-12-14-16-18-20-35-63(3,36-21-19-17-15-13-11-9-7-5-2)37-22-38-94(85-54(48-91(76,77)78)42-60-29-23-57(24-30-60)39-51(64)45-88(67,68)69,86-55(49-92(79,80)81)43-61-31-25-58(26-32-61)40-52(65)46-89(70,71)72)87-56(50-93(82,83)84)44-62-33-27-59(28-34-62)41-53(66)47-90(73,74)75/h51-56,64-66H,4-50H2,1-3H3,(H5-,67,68,69,70,71,72,73,74,75,76,77,78,79,80,81,82,83,84)/p+1. The summed E-state index contributed by atoms with van der Waals surface area (Å²) in [6, 6.07) is -0.236. The maximum Gasteiger partial charge on any atom is 0.502 e. The second kappa shape index (κ2) is 43.2. The summed E-state index contributed by atoms with van der Waals surface area (Å²) in [5.41, 5.74) is 0. The largest absolute Gasteiger partial charge is 0.502 e. The SMILES string of the molecule is CCCCCCCCCCC[N+](C)(CCCCCCCCCCC)CCC[Si](OC(CN1CCN(CC(O)CS(=O)(=O)O)CC1)CS(=O)(=O)O)(OC(CN1CCN(CC(O)CS(=O)(=O)O)CC1)CS(=O)(=O)O)OC(CN1CCN(CC(O)CS(=O)(=O)O)CC1)CS(=O)(=O)O. The molecule has 3 rings (SSSR count). The highest BCUT2D eigenvalue weighted by atomic mass is 32.2. The molecule has 3 fully saturated rings. The molecule has 0 aromatic heterocycles. The zero-order valence-electron chi connectivity index (χ0n) is 55.9. The smallest absolute Gasteiger partial charge is 0.391 e. The topological polar surface area (TPSA) is 434 Å². The Kier molecular flexibility index (Phi) is 40.1. The van der Waals surface area contributed by atoms with Crippen LogP contribution in [0.5, 0.6) is 0 Å². The molecule has 3 saturated heterocycles. The van der Waals surface area contributed by atoms with E-state index in [0.29, 0.717) is 11.0 Å². The van der Waals surface area contributed by atoms with Crippen LogP contribution in [0.15, 0.2) is 0 Å². The number of piperazine rings is 3. The summed E-state index contributed by atoms with van der Waals surface area (Å²) in [4.78, 5) is 10.4. The van der Waals surface area contributed by atoms with Crippen molar-refractivity contribution in [2.24, 2.45) is 0 Å². The third kappa shape index (κ3) is 43.7. The lowest BCUT2D eigenvalue weighted by Crippen LogP contribution is -2.61. The molecule has 6 unspecified atom stereocenters. The molecule has 3 aliphatic rings. The van der Waals surface area contributed by atoms with Crippen molar-refractivity contribution in [3.05, 3.63) is 0 Å². The highest BCUT2D eigenvalue weighted by molar-refractivity contribution is 7.87. The predicted octanol–water partition coefficient (Wildman–Crippen LogP) is 1.24. The zero-order chi connectivity index (χ0) is 70.3. The Balaban J connectivity index is 2.22. The molecule has 3 aliphatic heterocycles. The summed E-state index contributed by atoms with van der Waals surface area (Å²) in [6.45, 7) is 7.13. The average molecular weight is 1490 g/mol. The van der Waals surface area contributed by atoms with E-state index in [0.717, 1.165) is 90.1 Å². The van der Waals surface area contributed by atoms with Crippen molar-refractivity contribution >= 4 is 69.5 Å². The van der Waals surface area contributed by atoms with Crippen LogP contribution in [0.1, 0.15) is 136 Å². The van der Waals surface area contributed by atoms with E-state index in [1.807, 2.05) is 0 Å². The predicted molar refractivity (Wildman–Crippen MR) is 360 cm³/mol. The van der Waals surface area contributed by atoms with Crippen molar-refractivity contribution in [3.8, 4) is 0 Å². The van der Waals surface area contributed by atoms with Crippen molar-refractivity contribution in [3.63, 3.8) is 0 Å². The first kappa shape index (κ1) is 87.4. The van der Waals surface area contributed by atoms with E-state index in [1.165, 1.54) is 38.5 Å². The quantitative estimate of drug-likeness (QED) is 0.0179. The molecule has 0 spiro atoms. The van der Waals surface area contributed by atoms with E-state index in [1.54, 1.807) is 29.4 Å². The van der Waals surface area contributed by atoms with Crippen LogP contribution in [0.2, 0.25) is 6.04 Å². The van der Waals surface area contributed by atoms with E-state index in [-0.39, 0.29) is 130 Å². The number of unbranched alkanes of at least 4 members (excludes halogenated alkanes) is 16. The fourth-order valence-electron chi connectivity index (χ4n) is 12.8. The number of β-amino-alcohol motifs (C(OH)–C–C–N with tert-alkyl or cyclic N) is 3. The van der Waals surface area contributed by atoms with Gasteiger partial charge in [-0.1, -0.05) is 104 Å². The van der Waals surface area contributed by atoms with E-state index in [2.05, 4.69) is 20.9 Å². The highest BCUT2D eigenvalue weighted by Gasteiger charge is 2.50. The van der Waals surface area contributed by atoms with Gasteiger partial charge in [0.1, 0.15) is 34.5 Å². The Morgan fingerprint density at radius 3 is 0.745 bits per heavy atom. The Labute approximate surface area is 564 Å². The fraction of sp³-hybridized carbons (Fsp3) is 1.00. The van der Waals surface area contributed by atoms with Gasteiger partial charge in [-0.2, -0.15) is 50.5 Å². The molecular formula is C56H118N7O24S6Si+. The lowest BCUT2D eigenvalue weighted by atomic mass is 10.1. The Hall–Kier alpha value is -0.843. The number of rotatable bonds is 54. The Morgan fingerprint density at radius 1 is 0.319 bits per heavy atom. The van der Waals surface area contributed by atoms with Gasteiger partial charge in [-0.25, -0.2) is 0 Å². The summed E-state index contributed by atoms with van der Waals surface area (Å²) in [6.07, 6.45) is 10.9. The number of hydrogen-bond acceptors (Lipinski definition) is 24. The molecule has 0 bridgehead atoms. The van der Waals surface area contributed by atoms with Gasteiger partial charge in [0, 0.05) is 130 Å². The normalized spacial score (nSPS) is 20.0. The summed E-state index contributed by atoms with van der Waals surface area (Å²) in [7, 11) is -31.4. The zero-order valence-corrected chi connectivity index (χ0v) is 61.8. The average Bonchev–Trinajstić information content (AvgIpc) is 0.816. The molecule has 0 saturated carbocycles. The van der Waals surface area contributed by atoms with E-state index < -0.39 is 141 Å². The molecular weight excluding hydrogens is 1380 g/mol. The van der Waals surface area contributed by atoms with Crippen LogP contribution in [-0.4, -0.2) is 351 Å². The van der Waals surface area contributed by atoms with E-state index in [4.69, 9.17) is 13.3 Å². The second-order valence-electron chi connectivity index (χ2n) is 26.7. The van der Waals surface area contributed by atoms with Crippen molar-refractivity contribution in [2.45, 2.75) is 179 Å². The first-order valence-corrected chi connectivity index (χ1v) is 45.3. The molecule has 0 aliphatic carbocycles. The minimum absolute atomic E-state index is 0.146. The summed E-state index contributed by atoms with van der Waals surface area (Å²) >= 11 is 0. The first-order chi connectivity index (χ1) is 43.7. The number of aliphatic hydroxyl groups is 3. The van der Waals surface area contributed by atoms with Crippen LogP contribution in [0.25, 0.3) is 0 Å². The second-order valence-corrected chi connectivity index (χ2v) is 38.3. The van der Waals surface area contributed by atoms with Crippen LogP contribution >= 0.6 is 0 Å². The lowest BCUT2D eigenvalue weighted by molar-refractivity contribution is -0.910. The van der Waals surface area contributed by atoms with Gasteiger partial charge in [0.25, 0.3) is 60.7 Å². The Morgan fingerprint density at radius 2 is 0.521 bits per heavy atom. The summed E-state index contributed by atoms with van der Waals surface area (Å²) in [5.74, 6) is -6.06. The van der Waals surface area contributed by atoms with Crippen LogP contribution in [0.3, 0.4) is 0 Å². The van der Waals surface area contributed by atoms with Gasteiger partial charge in [0.2, 0.25) is 0 Å². The van der Waals surface area contributed by atoms with Crippen LogP contribution in [0.4, 0.5) is 0 Å². The maximum atomic E-state index is 13.2. The van der Waals surface area contributed by atoms with Crippen LogP contribution in [0, 0.1) is 0 Å². The van der Waals surface area contributed by atoms with Gasteiger partial charge in [-0.15, -0.1) is 0 Å². The Bertz CT molecular complexity index is 2530. The third-order valence-electron chi connectivity index (χ3n) is 17.4.